The van der Waals surface area contributed by atoms with Crippen molar-refractivity contribution in [3.63, 3.8) is 0 Å². The number of hydrogen-bond donors (Lipinski definition) is 1. The van der Waals surface area contributed by atoms with Gasteiger partial charge in [-0.1, -0.05) is 36.4 Å². The Bertz CT molecular complexity index is 562. The molecule has 0 unspecified atom stereocenters. The van der Waals surface area contributed by atoms with Crippen LogP contribution in [0.5, 0.6) is 0 Å². The molecule has 0 aliphatic rings. The summed E-state index contributed by atoms with van der Waals surface area (Å²) in [5.74, 6) is 0. The number of aryl methyl sites for hydroxylation is 1. The van der Waals surface area contributed by atoms with Gasteiger partial charge in [0.1, 0.15) is 0 Å². The van der Waals surface area contributed by atoms with Gasteiger partial charge in [0, 0.05) is 12.2 Å². The molecule has 0 amide bonds. The molecule has 2 aromatic rings. The summed E-state index contributed by atoms with van der Waals surface area (Å²) in [6, 6.07) is 13.6. The lowest BCUT2D eigenvalue weighted by Gasteiger charge is -2.13. The molecule has 20 heavy (non-hydrogen) atoms. The van der Waals surface area contributed by atoms with Crippen LogP contribution >= 0.6 is 0 Å². The molecule has 2 aromatic carbocycles. The van der Waals surface area contributed by atoms with Crippen molar-refractivity contribution in [1.29, 1.82) is 0 Å². The van der Waals surface area contributed by atoms with Crippen molar-refractivity contribution in [3.8, 4) is 0 Å². The standard InChI is InChI=1S/C16H16F3N/c1-12-7-8-14(16(17,18)19)11-15(12)20-10-9-13-5-3-2-4-6-13/h2-8,11,20H,9-10H2,1H3. The molecule has 0 saturated heterocycles. The summed E-state index contributed by atoms with van der Waals surface area (Å²) in [5.41, 5.74) is 1.89. The van der Waals surface area contributed by atoms with Gasteiger partial charge in [-0.05, 0) is 36.6 Å². The van der Waals surface area contributed by atoms with Crippen molar-refractivity contribution in [2.45, 2.75) is 19.5 Å². The fourth-order valence-corrected chi connectivity index (χ4v) is 1.97. The molecule has 0 heterocycles. The van der Waals surface area contributed by atoms with Crippen LogP contribution in [0.2, 0.25) is 0 Å². The summed E-state index contributed by atoms with van der Waals surface area (Å²) in [5, 5.41) is 3.07. The highest BCUT2D eigenvalue weighted by atomic mass is 19.4. The van der Waals surface area contributed by atoms with Crippen LogP contribution in [0.25, 0.3) is 0 Å². The molecule has 106 valence electrons. The van der Waals surface area contributed by atoms with Crippen LogP contribution in [0.15, 0.2) is 48.5 Å². The normalized spacial score (nSPS) is 11.4. The second-order valence-corrected chi connectivity index (χ2v) is 4.69. The summed E-state index contributed by atoms with van der Waals surface area (Å²) in [6.07, 6.45) is -3.53. The molecule has 0 radical (unpaired) electrons. The van der Waals surface area contributed by atoms with E-state index in [1.54, 1.807) is 6.92 Å². The Morgan fingerprint density at radius 1 is 1.00 bits per heavy atom. The minimum Gasteiger partial charge on any atom is -0.384 e. The molecule has 0 bridgehead atoms. The quantitative estimate of drug-likeness (QED) is 0.857. The second kappa shape index (κ2) is 5.99. The molecule has 0 fully saturated rings. The lowest BCUT2D eigenvalue weighted by molar-refractivity contribution is -0.137. The van der Waals surface area contributed by atoms with Crippen LogP contribution in [-0.2, 0) is 12.6 Å². The Morgan fingerprint density at radius 3 is 2.35 bits per heavy atom. The van der Waals surface area contributed by atoms with Gasteiger partial charge in [-0.2, -0.15) is 13.2 Å². The maximum absolute atomic E-state index is 12.7. The van der Waals surface area contributed by atoms with Crippen molar-refractivity contribution in [2.24, 2.45) is 0 Å². The zero-order valence-corrected chi connectivity index (χ0v) is 11.2. The van der Waals surface area contributed by atoms with E-state index in [1.807, 2.05) is 30.3 Å². The Labute approximate surface area is 116 Å². The van der Waals surface area contributed by atoms with Gasteiger partial charge in [-0.3, -0.25) is 0 Å². The fraction of sp³-hybridized carbons (Fsp3) is 0.250. The summed E-state index contributed by atoms with van der Waals surface area (Å²) in [7, 11) is 0. The molecule has 0 aliphatic heterocycles. The number of halogens is 3. The second-order valence-electron chi connectivity index (χ2n) is 4.69. The summed E-state index contributed by atoms with van der Waals surface area (Å²) >= 11 is 0. The molecule has 0 aliphatic carbocycles. The van der Waals surface area contributed by atoms with E-state index < -0.39 is 11.7 Å². The first-order chi connectivity index (χ1) is 9.47. The molecule has 0 spiro atoms. The van der Waals surface area contributed by atoms with Crippen molar-refractivity contribution >= 4 is 5.69 Å². The molecule has 2 rings (SSSR count). The van der Waals surface area contributed by atoms with E-state index in [0.29, 0.717) is 12.2 Å². The first-order valence-electron chi connectivity index (χ1n) is 6.42. The third-order valence-corrected chi connectivity index (χ3v) is 3.14. The largest absolute Gasteiger partial charge is 0.416 e. The van der Waals surface area contributed by atoms with Gasteiger partial charge in [0.15, 0.2) is 0 Å². The maximum Gasteiger partial charge on any atom is 0.416 e. The Balaban J connectivity index is 2.02. The number of rotatable bonds is 4. The van der Waals surface area contributed by atoms with E-state index in [-0.39, 0.29) is 0 Å². The minimum atomic E-state index is -4.30. The van der Waals surface area contributed by atoms with E-state index in [9.17, 15) is 13.2 Å². The van der Waals surface area contributed by atoms with E-state index >= 15 is 0 Å². The third kappa shape index (κ3) is 3.76. The monoisotopic (exact) mass is 279 g/mol. The molecular formula is C16H16F3N. The van der Waals surface area contributed by atoms with Gasteiger partial charge in [0.2, 0.25) is 0 Å². The molecule has 0 aromatic heterocycles. The van der Waals surface area contributed by atoms with Crippen molar-refractivity contribution < 1.29 is 13.2 Å². The van der Waals surface area contributed by atoms with Crippen LogP contribution in [0.1, 0.15) is 16.7 Å². The van der Waals surface area contributed by atoms with Crippen molar-refractivity contribution in [1.82, 2.24) is 0 Å². The summed E-state index contributed by atoms with van der Waals surface area (Å²) in [6.45, 7) is 2.40. The molecule has 1 nitrogen and oxygen atoms in total. The van der Waals surface area contributed by atoms with E-state index in [2.05, 4.69) is 5.32 Å². The predicted molar refractivity (Wildman–Crippen MR) is 74.8 cm³/mol. The van der Waals surface area contributed by atoms with Gasteiger partial charge in [0.25, 0.3) is 0 Å². The third-order valence-electron chi connectivity index (χ3n) is 3.14. The maximum atomic E-state index is 12.7. The molecule has 0 atom stereocenters. The minimum absolute atomic E-state index is 0.538. The summed E-state index contributed by atoms with van der Waals surface area (Å²) < 4.78 is 38.0. The number of hydrogen-bond acceptors (Lipinski definition) is 1. The van der Waals surface area contributed by atoms with Gasteiger partial charge in [-0.25, -0.2) is 0 Å². The van der Waals surface area contributed by atoms with E-state index in [4.69, 9.17) is 0 Å². The molecular weight excluding hydrogens is 263 g/mol. The number of anilines is 1. The highest BCUT2D eigenvalue weighted by Gasteiger charge is 2.30. The van der Waals surface area contributed by atoms with Gasteiger partial charge in [0.05, 0.1) is 5.56 Å². The Kier molecular flexibility index (Phi) is 4.32. The van der Waals surface area contributed by atoms with Crippen molar-refractivity contribution in [3.05, 3.63) is 65.2 Å². The highest BCUT2D eigenvalue weighted by Crippen LogP contribution is 2.31. The van der Waals surface area contributed by atoms with Gasteiger partial charge >= 0.3 is 6.18 Å². The van der Waals surface area contributed by atoms with E-state index in [0.717, 1.165) is 23.6 Å². The molecule has 1 N–H and O–H groups in total. The van der Waals surface area contributed by atoms with Crippen molar-refractivity contribution in [2.75, 3.05) is 11.9 Å². The first kappa shape index (κ1) is 14.4. The molecule has 4 heteroatoms. The van der Waals surface area contributed by atoms with Crippen LogP contribution in [-0.4, -0.2) is 6.54 Å². The SMILES string of the molecule is Cc1ccc(C(F)(F)F)cc1NCCc1ccccc1. The molecule has 0 saturated carbocycles. The smallest absolute Gasteiger partial charge is 0.384 e. The average Bonchev–Trinajstić information content (AvgIpc) is 2.41. The van der Waals surface area contributed by atoms with Crippen LogP contribution in [0.4, 0.5) is 18.9 Å². The van der Waals surface area contributed by atoms with Crippen LogP contribution in [0, 0.1) is 6.92 Å². The zero-order chi connectivity index (χ0) is 14.6. The summed E-state index contributed by atoms with van der Waals surface area (Å²) in [4.78, 5) is 0. The predicted octanol–water partition coefficient (Wildman–Crippen LogP) is 4.67. The Morgan fingerprint density at radius 2 is 1.70 bits per heavy atom. The van der Waals surface area contributed by atoms with Gasteiger partial charge in [-0.15, -0.1) is 0 Å². The first-order valence-corrected chi connectivity index (χ1v) is 6.42. The van der Waals surface area contributed by atoms with Crippen LogP contribution in [0.3, 0.4) is 0 Å². The van der Waals surface area contributed by atoms with Gasteiger partial charge < -0.3 is 5.32 Å². The lowest BCUT2D eigenvalue weighted by atomic mass is 10.1. The average molecular weight is 279 g/mol. The van der Waals surface area contributed by atoms with E-state index in [1.165, 1.54) is 12.1 Å². The number of alkyl halides is 3. The highest BCUT2D eigenvalue weighted by molar-refractivity contribution is 5.53. The topological polar surface area (TPSA) is 12.0 Å². The Hall–Kier alpha value is -1.97. The lowest BCUT2D eigenvalue weighted by Crippen LogP contribution is -2.09. The number of nitrogens with one attached hydrogen (secondary N) is 1. The fourth-order valence-electron chi connectivity index (χ4n) is 1.97. The zero-order valence-electron chi connectivity index (χ0n) is 11.2. The number of benzene rings is 2. The van der Waals surface area contributed by atoms with Crippen LogP contribution < -0.4 is 5.32 Å².